The number of ether oxygens (including phenoxy) is 1. The molecule has 0 bridgehead atoms. The van der Waals surface area contributed by atoms with Crippen molar-refractivity contribution in [2.45, 2.75) is 6.36 Å². The van der Waals surface area contributed by atoms with Gasteiger partial charge in [0, 0.05) is 4.47 Å². The highest BCUT2D eigenvalue weighted by Crippen LogP contribution is 2.34. The normalized spacial score (nSPS) is 11.6. The van der Waals surface area contributed by atoms with Gasteiger partial charge in [-0.05, 0) is 50.7 Å². The molecule has 14 heavy (non-hydrogen) atoms. The summed E-state index contributed by atoms with van der Waals surface area (Å²) in [6.45, 7) is 0. The minimum atomic E-state index is -4.89. The summed E-state index contributed by atoms with van der Waals surface area (Å²) in [4.78, 5) is 0. The zero-order chi connectivity index (χ0) is 10.9. The molecule has 0 unspecified atom stereocenters. The molecule has 1 rings (SSSR count). The Morgan fingerprint density at radius 2 is 1.86 bits per heavy atom. The highest BCUT2D eigenvalue weighted by molar-refractivity contribution is 14.1. The van der Waals surface area contributed by atoms with Crippen LogP contribution >= 0.6 is 38.5 Å². The summed E-state index contributed by atoms with van der Waals surface area (Å²) < 4.78 is 52.3. The van der Waals surface area contributed by atoms with Crippen LogP contribution in [-0.4, -0.2) is 6.36 Å². The van der Waals surface area contributed by atoms with Gasteiger partial charge in [-0.1, -0.05) is 0 Å². The summed E-state index contributed by atoms with van der Waals surface area (Å²) >= 11 is 4.52. The molecule has 0 fully saturated rings. The summed E-state index contributed by atoms with van der Waals surface area (Å²) in [5, 5.41) is 0. The Kier molecular flexibility index (Phi) is 3.62. The van der Waals surface area contributed by atoms with E-state index in [-0.39, 0.29) is 3.57 Å². The predicted octanol–water partition coefficient (Wildman–Crippen LogP) is 4.09. The monoisotopic (exact) mass is 384 g/mol. The molecular weight excluding hydrogens is 383 g/mol. The van der Waals surface area contributed by atoms with E-state index in [9.17, 15) is 17.6 Å². The molecule has 0 heterocycles. The number of hydrogen-bond acceptors (Lipinski definition) is 1. The van der Waals surface area contributed by atoms with Crippen molar-refractivity contribution >= 4 is 38.5 Å². The number of hydrogen-bond donors (Lipinski definition) is 0. The minimum absolute atomic E-state index is 0.0416. The van der Waals surface area contributed by atoms with Crippen LogP contribution in [0.25, 0.3) is 0 Å². The molecule has 0 aliphatic heterocycles. The van der Waals surface area contributed by atoms with Crippen LogP contribution in [0.2, 0.25) is 0 Å². The van der Waals surface area contributed by atoms with Crippen LogP contribution < -0.4 is 4.74 Å². The summed E-state index contributed by atoms with van der Waals surface area (Å²) in [5.74, 6) is -1.86. The molecule has 1 nitrogen and oxygen atoms in total. The zero-order valence-electron chi connectivity index (χ0n) is 6.33. The molecule has 0 aliphatic rings. The minimum Gasteiger partial charge on any atom is -0.401 e. The van der Waals surface area contributed by atoms with Crippen molar-refractivity contribution in [3.63, 3.8) is 0 Å². The van der Waals surface area contributed by atoms with E-state index < -0.39 is 17.9 Å². The van der Waals surface area contributed by atoms with E-state index in [0.717, 1.165) is 6.07 Å². The molecule has 0 atom stereocenters. The standard InChI is InChI=1S/C7H2BrF4IO/c8-3-1-2-4(9)6(5(3)13)14-7(10,11)12/h1-2H. The van der Waals surface area contributed by atoms with E-state index in [1.165, 1.54) is 6.07 Å². The Balaban J connectivity index is 3.13. The lowest BCUT2D eigenvalue weighted by Gasteiger charge is -2.11. The molecule has 0 saturated carbocycles. The van der Waals surface area contributed by atoms with E-state index in [4.69, 9.17) is 0 Å². The lowest BCUT2D eigenvalue weighted by Crippen LogP contribution is -2.18. The van der Waals surface area contributed by atoms with Crippen LogP contribution in [0.3, 0.4) is 0 Å². The lowest BCUT2D eigenvalue weighted by molar-refractivity contribution is -0.276. The van der Waals surface area contributed by atoms with Crippen LogP contribution in [0.5, 0.6) is 5.75 Å². The highest BCUT2D eigenvalue weighted by atomic mass is 127. The van der Waals surface area contributed by atoms with Gasteiger partial charge in [-0.3, -0.25) is 0 Å². The van der Waals surface area contributed by atoms with Gasteiger partial charge >= 0.3 is 6.36 Å². The smallest absolute Gasteiger partial charge is 0.401 e. The number of halogens is 6. The van der Waals surface area contributed by atoms with Gasteiger partial charge in [-0.25, -0.2) is 4.39 Å². The topological polar surface area (TPSA) is 9.23 Å². The predicted molar refractivity (Wildman–Crippen MR) is 53.5 cm³/mol. The second-order valence-electron chi connectivity index (χ2n) is 2.22. The quantitative estimate of drug-likeness (QED) is 0.402. The fraction of sp³-hybridized carbons (Fsp3) is 0.143. The Labute approximate surface area is 98.7 Å². The Hall–Kier alpha value is -0.0500. The highest BCUT2D eigenvalue weighted by Gasteiger charge is 2.33. The first kappa shape index (κ1) is 12.0. The molecule has 0 amide bonds. The van der Waals surface area contributed by atoms with E-state index in [1.54, 1.807) is 22.6 Å². The van der Waals surface area contributed by atoms with Crippen molar-refractivity contribution in [2.75, 3.05) is 0 Å². The Morgan fingerprint density at radius 1 is 1.29 bits per heavy atom. The number of alkyl halides is 3. The van der Waals surface area contributed by atoms with Crippen molar-refractivity contribution in [3.8, 4) is 5.75 Å². The largest absolute Gasteiger partial charge is 0.573 e. The van der Waals surface area contributed by atoms with Gasteiger partial charge in [-0.2, -0.15) is 0 Å². The third-order valence-electron chi connectivity index (χ3n) is 1.22. The summed E-state index contributed by atoms with van der Waals surface area (Å²) in [5.41, 5.74) is 0. The van der Waals surface area contributed by atoms with E-state index >= 15 is 0 Å². The van der Waals surface area contributed by atoms with E-state index in [2.05, 4.69) is 20.7 Å². The third kappa shape index (κ3) is 2.97. The van der Waals surface area contributed by atoms with Crippen molar-refractivity contribution in [1.82, 2.24) is 0 Å². The lowest BCUT2D eigenvalue weighted by atomic mass is 10.3. The Morgan fingerprint density at radius 3 is 2.36 bits per heavy atom. The molecule has 0 spiro atoms. The van der Waals surface area contributed by atoms with Crippen molar-refractivity contribution in [2.24, 2.45) is 0 Å². The Bertz CT molecular complexity index is 352. The van der Waals surface area contributed by atoms with Crippen LogP contribution in [0, 0.1) is 9.39 Å². The molecule has 1 aromatic rings. The van der Waals surface area contributed by atoms with E-state index in [0.29, 0.717) is 4.47 Å². The first-order valence-corrected chi connectivity index (χ1v) is 5.07. The number of rotatable bonds is 1. The first-order chi connectivity index (χ1) is 6.31. The van der Waals surface area contributed by atoms with Gasteiger partial charge in [0.2, 0.25) is 0 Å². The van der Waals surface area contributed by atoms with Crippen LogP contribution in [0.15, 0.2) is 16.6 Å². The maximum atomic E-state index is 12.9. The third-order valence-corrected chi connectivity index (χ3v) is 3.69. The summed E-state index contributed by atoms with van der Waals surface area (Å²) in [6, 6.07) is 2.20. The van der Waals surface area contributed by atoms with Gasteiger partial charge in [0.05, 0.1) is 3.57 Å². The van der Waals surface area contributed by atoms with Crippen LogP contribution in [0.1, 0.15) is 0 Å². The van der Waals surface area contributed by atoms with Crippen molar-refractivity contribution in [3.05, 3.63) is 26.0 Å². The zero-order valence-corrected chi connectivity index (χ0v) is 10.1. The van der Waals surface area contributed by atoms with Crippen LogP contribution in [0.4, 0.5) is 17.6 Å². The molecule has 78 valence electrons. The van der Waals surface area contributed by atoms with Crippen molar-refractivity contribution < 1.29 is 22.3 Å². The molecular formula is C7H2BrF4IO. The maximum Gasteiger partial charge on any atom is 0.573 e. The van der Waals surface area contributed by atoms with Crippen molar-refractivity contribution in [1.29, 1.82) is 0 Å². The van der Waals surface area contributed by atoms with Gasteiger partial charge < -0.3 is 4.74 Å². The second-order valence-corrected chi connectivity index (χ2v) is 4.15. The molecule has 0 aliphatic carbocycles. The fourth-order valence-corrected chi connectivity index (χ4v) is 1.58. The van der Waals surface area contributed by atoms with Crippen LogP contribution in [-0.2, 0) is 0 Å². The molecule has 0 saturated heterocycles. The average molecular weight is 385 g/mol. The SMILES string of the molecule is Fc1ccc(Br)c(I)c1OC(F)(F)F. The molecule has 7 heteroatoms. The fourth-order valence-electron chi connectivity index (χ4n) is 0.718. The van der Waals surface area contributed by atoms with Gasteiger partial charge in [0.1, 0.15) is 0 Å². The number of benzene rings is 1. The van der Waals surface area contributed by atoms with Gasteiger partial charge in [0.25, 0.3) is 0 Å². The maximum absolute atomic E-state index is 12.9. The summed E-state index contributed by atoms with van der Waals surface area (Å²) in [6.07, 6.45) is -4.89. The average Bonchev–Trinajstić information content (AvgIpc) is 2.04. The second kappa shape index (κ2) is 4.21. The summed E-state index contributed by atoms with van der Waals surface area (Å²) in [7, 11) is 0. The molecule has 0 aromatic heterocycles. The first-order valence-electron chi connectivity index (χ1n) is 3.20. The van der Waals surface area contributed by atoms with Gasteiger partial charge in [0.15, 0.2) is 11.6 Å². The van der Waals surface area contributed by atoms with E-state index in [1.807, 2.05) is 0 Å². The molecule has 1 aromatic carbocycles. The molecule has 0 radical (unpaired) electrons. The van der Waals surface area contributed by atoms with Gasteiger partial charge in [-0.15, -0.1) is 13.2 Å². The molecule has 0 N–H and O–H groups in total.